The standard InChI is InChI=1S/C19H27N3O2S2/c1-11(2)22-18(24)16-13(4)14(5)26-17(16)20-19(22)25-10-15(23)21-8-6-7-12(3)9-21/h11-12H,6-10H2,1-5H3. The number of likely N-dealkylation sites (tertiary alicyclic amines) is 1. The summed E-state index contributed by atoms with van der Waals surface area (Å²) in [5.74, 6) is 1.05. The van der Waals surface area contributed by atoms with Gasteiger partial charge in [0.2, 0.25) is 5.91 Å². The fourth-order valence-corrected chi connectivity index (χ4v) is 5.58. The number of rotatable bonds is 4. The van der Waals surface area contributed by atoms with Crippen molar-refractivity contribution in [1.29, 1.82) is 0 Å². The topological polar surface area (TPSA) is 55.2 Å². The van der Waals surface area contributed by atoms with Gasteiger partial charge in [0.05, 0.1) is 11.1 Å². The van der Waals surface area contributed by atoms with Gasteiger partial charge in [0.1, 0.15) is 4.83 Å². The van der Waals surface area contributed by atoms with Gasteiger partial charge in [-0.25, -0.2) is 4.98 Å². The lowest BCUT2D eigenvalue weighted by atomic mass is 10.0. The van der Waals surface area contributed by atoms with E-state index < -0.39 is 0 Å². The van der Waals surface area contributed by atoms with Crippen LogP contribution in [0.3, 0.4) is 0 Å². The van der Waals surface area contributed by atoms with E-state index in [1.165, 1.54) is 18.2 Å². The lowest BCUT2D eigenvalue weighted by Crippen LogP contribution is -2.40. The van der Waals surface area contributed by atoms with Crippen molar-refractivity contribution in [3.63, 3.8) is 0 Å². The van der Waals surface area contributed by atoms with Crippen molar-refractivity contribution in [3.8, 4) is 0 Å². The van der Waals surface area contributed by atoms with E-state index in [1.54, 1.807) is 15.9 Å². The number of hydrogen-bond donors (Lipinski definition) is 0. The molecule has 1 amide bonds. The van der Waals surface area contributed by atoms with Crippen molar-refractivity contribution in [2.45, 2.75) is 58.7 Å². The monoisotopic (exact) mass is 393 g/mol. The Morgan fingerprint density at radius 3 is 2.77 bits per heavy atom. The molecule has 0 aromatic carbocycles. The first kappa shape index (κ1) is 19.4. The number of amides is 1. The molecule has 0 saturated carbocycles. The third-order valence-electron chi connectivity index (χ3n) is 5.05. The van der Waals surface area contributed by atoms with Crippen LogP contribution in [-0.2, 0) is 4.79 Å². The highest BCUT2D eigenvalue weighted by molar-refractivity contribution is 7.99. The van der Waals surface area contributed by atoms with Crippen LogP contribution in [0, 0.1) is 19.8 Å². The first-order valence-corrected chi connectivity index (χ1v) is 11.0. The molecule has 3 heterocycles. The molecule has 26 heavy (non-hydrogen) atoms. The Kier molecular flexibility index (Phi) is 5.77. The number of aryl methyl sites for hydroxylation is 2. The van der Waals surface area contributed by atoms with Crippen LogP contribution in [0.25, 0.3) is 10.2 Å². The molecule has 0 radical (unpaired) electrons. The Morgan fingerprint density at radius 1 is 1.38 bits per heavy atom. The number of aromatic nitrogens is 2. The maximum atomic E-state index is 13.0. The summed E-state index contributed by atoms with van der Waals surface area (Å²) in [6, 6.07) is 0.00613. The minimum atomic E-state index is 0.00613. The largest absolute Gasteiger partial charge is 0.342 e. The van der Waals surface area contributed by atoms with E-state index in [0.717, 1.165) is 40.2 Å². The van der Waals surface area contributed by atoms with Crippen LogP contribution in [-0.4, -0.2) is 39.2 Å². The van der Waals surface area contributed by atoms with Gasteiger partial charge in [0.15, 0.2) is 5.16 Å². The molecule has 0 N–H and O–H groups in total. The molecule has 1 aliphatic heterocycles. The summed E-state index contributed by atoms with van der Waals surface area (Å²) in [5, 5.41) is 1.37. The lowest BCUT2D eigenvalue weighted by molar-refractivity contribution is -0.130. The Labute approximate surface area is 162 Å². The number of hydrogen-bond acceptors (Lipinski definition) is 5. The van der Waals surface area contributed by atoms with E-state index in [2.05, 4.69) is 6.92 Å². The van der Waals surface area contributed by atoms with Gasteiger partial charge in [-0.1, -0.05) is 18.7 Å². The first-order chi connectivity index (χ1) is 12.3. The predicted molar refractivity (Wildman–Crippen MR) is 109 cm³/mol. The molecular formula is C19H27N3O2S2. The van der Waals surface area contributed by atoms with E-state index in [1.807, 2.05) is 32.6 Å². The highest BCUT2D eigenvalue weighted by atomic mass is 32.2. The Balaban J connectivity index is 1.88. The van der Waals surface area contributed by atoms with E-state index in [-0.39, 0.29) is 17.5 Å². The zero-order valence-corrected chi connectivity index (χ0v) is 17.8. The average Bonchev–Trinajstić information content (AvgIpc) is 2.86. The lowest BCUT2D eigenvalue weighted by Gasteiger charge is -2.30. The Morgan fingerprint density at radius 2 is 2.12 bits per heavy atom. The van der Waals surface area contributed by atoms with Gasteiger partial charge in [-0.3, -0.25) is 14.2 Å². The molecule has 2 aromatic heterocycles. The van der Waals surface area contributed by atoms with Crippen LogP contribution < -0.4 is 5.56 Å². The van der Waals surface area contributed by atoms with Gasteiger partial charge in [-0.05, 0) is 52.0 Å². The molecule has 1 unspecified atom stereocenters. The van der Waals surface area contributed by atoms with Gasteiger partial charge >= 0.3 is 0 Å². The third kappa shape index (κ3) is 3.69. The number of piperidine rings is 1. The van der Waals surface area contributed by atoms with Crippen LogP contribution in [0.1, 0.15) is 50.1 Å². The minimum Gasteiger partial charge on any atom is -0.342 e. The molecule has 5 nitrogen and oxygen atoms in total. The van der Waals surface area contributed by atoms with E-state index in [4.69, 9.17) is 4.98 Å². The zero-order valence-electron chi connectivity index (χ0n) is 16.2. The van der Waals surface area contributed by atoms with E-state index in [0.29, 0.717) is 16.8 Å². The molecule has 0 aliphatic carbocycles. The van der Waals surface area contributed by atoms with Crippen LogP contribution in [0.5, 0.6) is 0 Å². The second kappa shape index (κ2) is 7.72. The molecule has 1 fully saturated rings. The van der Waals surface area contributed by atoms with Gasteiger partial charge in [0, 0.05) is 24.0 Å². The van der Waals surface area contributed by atoms with Gasteiger partial charge in [0.25, 0.3) is 5.56 Å². The summed E-state index contributed by atoms with van der Waals surface area (Å²) < 4.78 is 1.73. The number of carbonyl (C=O) groups is 1. The number of nitrogens with zero attached hydrogens (tertiary/aromatic N) is 3. The number of thiophene rings is 1. The van der Waals surface area contributed by atoms with Crippen molar-refractivity contribution in [3.05, 3.63) is 20.8 Å². The number of fused-ring (bicyclic) bond motifs is 1. The van der Waals surface area contributed by atoms with Crippen molar-refractivity contribution < 1.29 is 4.79 Å². The quantitative estimate of drug-likeness (QED) is 0.582. The summed E-state index contributed by atoms with van der Waals surface area (Å²) in [5.41, 5.74) is 1.03. The van der Waals surface area contributed by atoms with Crippen LogP contribution in [0.15, 0.2) is 9.95 Å². The molecule has 0 spiro atoms. The Bertz CT molecular complexity index is 885. The third-order valence-corrected chi connectivity index (χ3v) is 7.09. The molecule has 0 bridgehead atoms. The van der Waals surface area contributed by atoms with Crippen LogP contribution >= 0.6 is 23.1 Å². The van der Waals surface area contributed by atoms with Gasteiger partial charge in [-0.2, -0.15) is 0 Å². The summed E-state index contributed by atoms with van der Waals surface area (Å²) in [4.78, 5) is 34.2. The Hall–Kier alpha value is -1.34. The smallest absolute Gasteiger partial charge is 0.263 e. The summed E-state index contributed by atoms with van der Waals surface area (Å²) >= 11 is 2.95. The predicted octanol–water partition coefficient (Wildman–Crippen LogP) is 4.01. The van der Waals surface area contributed by atoms with Crippen molar-refractivity contribution in [2.75, 3.05) is 18.8 Å². The summed E-state index contributed by atoms with van der Waals surface area (Å²) in [6.07, 6.45) is 2.27. The van der Waals surface area contributed by atoms with Gasteiger partial charge < -0.3 is 4.90 Å². The van der Waals surface area contributed by atoms with E-state index in [9.17, 15) is 9.59 Å². The van der Waals surface area contributed by atoms with Gasteiger partial charge in [-0.15, -0.1) is 11.3 Å². The molecule has 3 rings (SSSR count). The van der Waals surface area contributed by atoms with Crippen molar-refractivity contribution in [2.24, 2.45) is 5.92 Å². The molecule has 1 saturated heterocycles. The van der Waals surface area contributed by atoms with E-state index >= 15 is 0 Å². The summed E-state index contributed by atoms with van der Waals surface area (Å²) in [7, 11) is 0. The average molecular weight is 394 g/mol. The molecule has 1 aliphatic rings. The first-order valence-electron chi connectivity index (χ1n) is 9.22. The molecule has 2 aromatic rings. The highest BCUT2D eigenvalue weighted by Crippen LogP contribution is 2.29. The maximum absolute atomic E-state index is 13.0. The fraction of sp³-hybridized carbons (Fsp3) is 0.632. The highest BCUT2D eigenvalue weighted by Gasteiger charge is 2.23. The second-order valence-corrected chi connectivity index (χ2v) is 9.65. The zero-order chi connectivity index (χ0) is 19.0. The van der Waals surface area contributed by atoms with Crippen LogP contribution in [0.4, 0.5) is 0 Å². The maximum Gasteiger partial charge on any atom is 0.263 e. The SMILES string of the molecule is Cc1sc2nc(SCC(=O)N3CCCC(C)C3)n(C(C)C)c(=O)c2c1C. The van der Waals surface area contributed by atoms with Crippen molar-refractivity contribution >= 4 is 39.2 Å². The fourth-order valence-electron chi connectivity index (χ4n) is 3.48. The van der Waals surface area contributed by atoms with Crippen molar-refractivity contribution in [1.82, 2.24) is 14.5 Å². The second-order valence-electron chi connectivity index (χ2n) is 7.50. The molecule has 142 valence electrons. The minimum absolute atomic E-state index is 0.00613. The number of carbonyl (C=O) groups excluding carboxylic acids is 1. The normalized spacial score (nSPS) is 18.1. The summed E-state index contributed by atoms with van der Waals surface area (Å²) in [6.45, 7) is 11.9. The number of thioether (sulfide) groups is 1. The molecule has 7 heteroatoms. The molecular weight excluding hydrogens is 366 g/mol. The van der Waals surface area contributed by atoms with Crippen LogP contribution in [0.2, 0.25) is 0 Å². The molecule has 1 atom stereocenters.